The van der Waals surface area contributed by atoms with Crippen LogP contribution < -0.4 is 5.73 Å². The fraction of sp³-hybridized carbons (Fsp3) is 0.300. The van der Waals surface area contributed by atoms with E-state index in [1.807, 2.05) is 24.3 Å². The van der Waals surface area contributed by atoms with Gasteiger partial charge in [0.2, 0.25) is 0 Å². The van der Waals surface area contributed by atoms with E-state index in [1.165, 1.54) is 0 Å². The van der Waals surface area contributed by atoms with Crippen molar-refractivity contribution in [2.45, 2.75) is 18.6 Å². The molecule has 0 aliphatic heterocycles. The Morgan fingerprint density at radius 1 is 1.50 bits per heavy atom. The minimum Gasteiger partial charge on any atom is -0.450 e. The smallest absolute Gasteiger partial charge is 0.450 e. The molecule has 0 radical (unpaired) electrons. The number of carboxylic acid groups (broad SMARTS) is 1. The molecular weight excluding hydrogens is 182 g/mol. The van der Waals surface area contributed by atoms with Gasteiger partial charge in [0, 0.05) is 6.42 Å². The normalized spacial score (nSPS) is 24.4. The van der Waals surface area contributed by atoms with Crippen molar-refractivity contribution < 1.29 is 14.6 Å². The average molecular weight is 193 g/mol. The van der Waals surface area contributed by atoms with Gasteiger partial charge < -0.3 is 15.6 Å². The first-order chi connectivity index (χ1) is 6.68. The van der Waals surface area contributed by atoms with E-state index in [0.29, 0.717) is 6.42 Å². The Labute approximate surface area is 81.3 Å². The van der Waals surface area contributed by atoms with Crippen LogP contribution >= 0.6 is 0 Å². The van der Waals surface area contributed by atoms with E-state index in [4.69, 9.17) is 15.6 Å². The highest BCUT2D eigenvalue weighted by atomic mass is 16.7. The summed E-state index contributed by atoms with van der Waals surface area (Å²) in [5.74, 6) is 0. The highest BCUT2D eigenvalue weighted by molar-refractivity contribution is 5.57. The maximum atomic E-state index is 10.4. The van der Waals surface area contributed by atoms with E-state index >= 15 is 0 Å². The van der Waals surface area contributed by atoms with E-state index in [0.717, 1.165) is 11.1 Å². The number of rotatable bonds is 1. The first-order valence-electron chi connectivity index (χ1n) is 4.41. The molecule has 4 nitrogen and oxygen atoms in total. The summed E-state index contributed by atoms with van der Waals surface area (Å²) in [5, 5.41) is 8.49. The molecular formula is C10H11NO3. The van der Waals surface area contributed by atoms with E-state index < -0.39 is 12.3 Å². The van der Waals surface area contributed by atoms with Crippen LogP contribution in [-0.4, -0.2) is 17.4 Å². The number of hydrogen-bond donors (Lipinski definition) is 2. The summed E-state index contributed by atoms with van der Waals surface area (Å²) in [6.45, 7) is 0. The van der Waals surface area contributed by atoms with E-state index in [2.05, 4.69) is 0 Å². The van der Waals surface area contributed by atoms with Crippen molar-refractivity contribution in [1.29, 1.82) is 0 Å². The monoisotopic (exact) mass is 193 g/mol. The minimum absolute atomic E-state index is 0.331. The molecule has 0 heterocycles. The summed E-state index contributed by atoms with van der Waals surface area (Å²) in [5.41, 5.74) is 7.91. The van der Waals surface area contributed by atoms with Gasteiger partial charge in [0.15, 0.2) is 0 Å². The first kappa shape index (κ1) is 9.02. The van der Waals surface area contributed by atoms with Gasteiger partial charge in [0.05, 0.1) is 6.04 Å². The van der Waals surface area contributed by atoms with Gasteiger partial charge in [-0.1, -0.05) is 24.3 Å². The lowest BCUT2D eigenvalue weighted by Gasteiger charge is -2.14. The van der Waals surface area contributed by atoms with Gasteiger partial charge >= 0.3 is 6.16 Å². The SMILES string of the molecule is NC1c2ccccc2CC1OC(=O)O. The molecule has 0 aromatic heterocycles. The maximum Gasteiger partial charge on any atom is 0.506 e. The molecule has 74 valence electrons. The van der Waals surface area contributed by atoms with Crippen molar-refractivity contribution in [2.24, 2.45) is 5.73 Å². The van der Waals surface area contributed by atoms with Crippen molar-refractivity contribution in [3.05, 3.63) is 35.4 Å². The third-order valence-electron chi connectivity index (χ3n) is 2.49. The second-order valence-electron chi connectivity index (χ2n) is 3.35. The van der Waals surface area contributed by atoms with Gasteiger partial charge in [-0.25, -0.2) is 4.79 Å². The number of ether oxygens (including phenoxy) is 1. The molecule has 2 rings (SSSR count). The largest absolute Gasteiger partial charge is 0.506 e. The van der Waals surface area contributed by atoms with Crippen LogP contribution in [0.25, 0.3) is 0 Å². The van der Waals surface area contributed by atoms with E-state index in [9.17, 15) is 4.79 Å². The summed E-state index contributed by atoms with van der Waals surface area (Å²) in [6.07, 6.45) is -1.13. The second kappa shape index (κ2) is 3.31. The van der Waals surface area contributed by atoms with E-state index in [1.54, 1.807) is 0 Å². The van der Waals surface area contributed by atoms with Crippen molar-refractivity contribution in [1.82, 2.24) is 0 Å². The molecule has 4 heteroatoms. The Bertz CT molecular complexity index is 364. The topological polar surface area (TPSA) is 72.5 Å². The molecule has 0 saturated heterocycles. The number of nitrogens with two attached hydrogens (primary N) is 1. The van der Waals surface area contributed by atoms with Crippen LogP contribution in [0.1, 0.15) is 17.2 Å². The molecule has 0 saturated carbocycles. The third kappa shape index (κ3) is 1.44. The van der Waals surface area contributed by atoms with Crippen molar-refractivity contribution in [3.8, 4) is 0 Å². The van der Waals surface area contributed by atoms with Crippen LogP contribution in [0, 0.1) is 0 Å². The van der Waals surface area contributed by atoms with Gasteiger partial charge in [-0.3, -0.25) is 0 Å². The fourth-order valence-corrected chi connectivity index (χ4v) is 1.83. The molecule has 3 N–H and O–H groups in total. The molecule has 2 unspecified atom stereocenters. The Morgan fingerprint density at radius 3 is 2.86 bits per heavy atom. The summed E-state index contributed by atoms with van der Waals surface area (Å²) in [4.78, 5) is 10.4. The standard InChI is InChI=1S/C10H11NO3/c11-9-7-4-2-1-3-6(7)5-8(9)14-10(12)13/h1-4,8-9H,5,11H2,(H,12,13). The zero-order valence-corrected chi connectivity index (χ0v) is 7.51. The van der Waals surface area contributed by atoms with Gasteiger partial charge in [0.1, 0.15) is 6.10 Å². The van der Waals surface area contributed by atoms with Crippen molar-refractivity contribution >= 4 is 6.16 Å². The lowest BCUT2D eigenvalue weighted by Crippen LogP contribution is -2.27. The Hall–Kier alpha value is -1.55. The van der Waals surface area contributed by atoms with Crippen LogP contribution in [0.2, 0.25) is 0 Å². The number of fused-ring (bicyclic) bond motifs is 1. The van der Waals surface area contributed by atoms with Crippen molar-refractivity contribution in [2.75, 3.05) is 0 Å². The van der Waals surface area contributed by atoms with Crippen LogP contribution in [0.3, 0.4) is 0 Å². The highest BCUT2D eigenvalue weighted by Gasteiger charge is 2.32. The number of benzene rings is 1. The maximum absolute atomic E-state index is 10.4. The second-order valence-corrected chi connectivity index (χ2v) is 3.35. The minimum atomic E-state index is -1.27. The van der Waals surface area contributed by atoms with Crippen LogP contribution in [0.4, 0.5) is 4.79 Å². The molecule has 14 heavy (non-hydrogen) atoms. The molecule has 1 aliphatic rings. The van der Waals surface area contributed by atoms with Gasteiger partial charge in [-0.2, -0.15) is 0 Å². The number of hydrogen-bond acceptors (Lipinski definition) is 3. The van der Waals surface area contributed by atoms with Crippen molar-refractivity contribution in [3.63, 3.8) is 0 Å². The Balaban J connectivity index is 2.21. The lowest BCUT2D eigenvalue weighted by molar-refractivity contribution is 0.0457. The zero-order valence-electron chi connectivity index (χ0n) is 7.51. The first-order valence-corrected chi connectivity index (χ1v) is 4.41. The average Bonchev–Trinajstić information content (AvgIpc) is 2.44. The summed E-state index contributed by atoms with van der Waals surface area (Å²) in [7, 11) is 0. The Kier molecular flexibility index (Phi) is 2.13. The predicted molar refractivity (Wildman–Crippen MR) is 50.0 cm³/mol. The Morgan fingerprint density at radius 2 is 2.21 bits per heavy atom. The van der Waals surface area contributed by atoms with Crippen LogP contribution in [0.5, 0.6) is 0 Å². The van der Waals surface area contributed by atoms with Gasteiger partial charge in [-0.05, 0) is 11.1 Å². The molecule has 1 aromatic carbocycles. The van der Waals surface area contributed by atoms with E-state index in [-0.39, 0.29) is 6.04 Å². The quantitative estimate of drug-likeness (QED) is 0.659. The summed E-state index contributed by atoms with van der Waals surface area (Å²) < 4.78 is 4.70. The van der Waals surface area contributed by atoms with Crippen LogP contribution in [-0.2, 0) is 11.2 Å². The molecule has 0 spiro atoms. The highest BCUT2D eigenvalue weighted by Crippen LogP contribution is 2.31. The predicted octanol–water partition coefficient (Wildman–Crippen LogP) is 1.31. The number of carbonyl (C=O) groups is 1. The van der Waals surface area contributed by atoms with Crippen LogP contribution in [0.15, 0.2) is 24.3 Å². The van der Waals surface area contributed by atoms with Gasteiger partial charge in [-0.15, -0.1) is 0 Å². The molecule has 2 atom stereocenters. The summed E-state index contributed by atoms with van der Waals surface area (Å²) in [6, 6.07) is 7.32. The molecule has 0 amide bonds. The lowest BCUT2D eigenvalue weighted by atomic mass is 10.1. The molecule has 1 aromatic rings. The molecule has 0 fully saturated rings. The third-order valence-corrected chi connectivity index (χ3v) is 2.49. The summed E-state index contributed by atoms with van der Waals surface area (Å²) >= 11 is 0. The fourth-order valence-electron chi connectivity index (χ4n) is 1.83. The molecule has 0 bridgehead atoms. The van der Waals surface area contributed by atoms with Gasteiger partial charge in [0.25, 0.3) is 0 Å². The molecule has 1 aliphatic carbocycles. The zero-order chi connectivity index (χ0) is 10.1.